The lowest BCUT2D eigenvalue weighted by Crippen LogP contribution is -2.09. The minimum Gasteiger partial charge on any atom is -0.380 e. The van der Waals surface area contributed by atoms with Gasteiger partial charge in [-0.1, -0.05) is 13.8 Å². The fraction of sp³-hybridized carbons (Fsp3) is 0.727. The number of nitrogens with one attached hydrogen (secondary N) is 1. The van der Waals surface area contributed by atoms with Crippen LogP contribution in [0.2, 0.25) is 0 Å². The van der Waals surface area contributed by atoms with Crippen LogP contribution in [-0.2, 0) is 0 Å². The van der Waals surface area contributed by atoms with Gasteiger partial charge in [-0.25, -0.2) is 0 Å². The normalized spacial score (nSPS) is 11.3. The number of hydrogen-bond acceptors (Lipinski definition) is 2. The van der Waals surface area contributed by atoms with E-state index in [4.69, 9.17) is 0 Å². The summed E-state index contributed by atoms with van der Waals surface area (Å²) in [4.78, 5) is 0. The topological polar surface area (TPSA) is 29.9 Å². The predicted octanol–water partition coefficient (Wildman–Crippen LogP) is 3.06. The van der Waals surface area contributed by atoms with Gasteiger partial charge in [0.2, 0.25) is 0 Å². The van der Waals surface area contributed by atoms with E-state index in [1.165, 1.54) is 0 Å². The summed E-state index contributed by atoms with van der Waals surface area (Å²) in [6.45, 7) is 8.67. The SMILES string of the molecule is CCC(CC)n1cc(NC(C)C)cn1. The highest BCUT2D eigenvalue weighted by Crippen LogP contribution is 2.17. The minimum absolute atomic E-state index is 0.467. The van der Waals surface area contributed by atoms with E-state index in [1.54, 1.807) is 0 Å². The molecular weight excluding hydrogens is 174 g/mol. The van der Waals surface area contributed by atoms with Gasteiger partial charge >= 0.3 is 0 Å². The number of hydrogen-bond donors (Lipinski definition) is 1. The number of nitrogens with zero attached hydrogens (tertiary/aromatic N) is 2. The van der Waals surface area contributed by atoms with Crippen LogP contribution in [0.3, 0.4) is 0 Å². The van der Waals surface area contributed by atoms with Gasteiger partial charge in [-0.2, -0.15) is 5.10 Å². The maximum Gasteiger partial charge on any atom is 0.0728 e. The molecule has 0 amide bonds. The van der Waals surface area contributed by atoms with Crippen LogP contribution in [0.4, 0.5) is 5.69 Å². The average molecular weight is 195 g/mol. The Morgan fingerprint density at radius 1 is 1.36 bits per heavy atom. The Bertz CT molecular complexity index is 261. The fourth-order valence-electron chi connectivity index (χ4n) is 1.61. The van der Waals surface area contributed by atoms with Gasteiger partial charge in [-0.05, 0) is 26.7 Å². The maximum atomic E-state index is 4.37. The molecule has 0 radical (unpaired) electrons. The molecule has 0 unspecified atom stereocenters. The zero-order chi connectivity index (χ0) is 10.6. The third kappa shape index (κ3) is 2.76. The van der Waals surface area contributed by atoms with Gasteiger partial charge < -0.3 is 5.32 Å². The molecule has 0 saturated heterocycles. The molecule has 1 heterocycles. The molecule has 80 valence electrons. The molecule has 0 atom stereocenters. The second-order valence-electron chi connectivity index (χ2n) is 3.98. The fourth-order valence-corrected chi connectivity index (χ4v) is 1.61. The van der Waals surface area contributed by atoms with Crippen LogP contribution in [0, 0.1) is 0 Å². The third-order valence-electron chi connectivity index (χ3n) is 2.37. The van der Waals surface area contributed by atoms with Crippen LogP contribution < -0.4 is 5.32 Å². The Morgan fingerprint density at radius 2 is 2.00 bits per heavy atom. The highest BCUT2D eigenvalue weighted by molar-refractivity contribution is 5.38. The maximum absolute atomic E-state index is 4.37. The highest BCUT2D eigenvalue weighted by atomic mass is 15.3. The molecule has 0 aromatic carbocycles. The Kier molecular flexibility index (Phi) is 3.98. The van der Waals surface area contributed by atoms with Crippen molar-refractivity contribution >= 4 is 5.69 Å². The number of aromatic nitrogens is 2. The quantitative estimate of drug-likeness (QED) is 0.782. The summed E-state index contributed by atoms with van der Waals surface area (Å²) < 4.78 is 2.06. The van der Waals surface area contributed by atoms with Crippen LogP contribution >= 0.6 is 0 Å². The van der Waals surface area contributed by atoms with Crippen LogP contribution in [0.1, 0.15) is 46.6 Å². The summed E-state index contributed by atoms with van der Waals surface area (Å²) in [5.41, 5.74) is 1.12. The largest absolute Gasteiger partial charge is 0.380 e. The molecule has 0 aliphatic carbocycles. The molecule has 3 heteroatoms. The van der Waals surface area contributed by atoms with Crippen molar-refractivity contribution in [2.45, 2.75) is 52.6 Å². The monoisotopic (exact) mass is 195 g/mol. The van der Waals surface area contributed by atoms with E-state index in [0.29, 0.717) is 12.1 Å². The molecular formula is C11H21N3. The van der Waals surface area contributed by atoms with E-state index in [2.05, 4.69) is 49.0 Å². The van der Waals surface area contributed by atoms with Crippen LogP contribution in [0.5, 0.6) is 0 Å². The molecule has 1 rings (SSSR count). The zero-order valence-corrected chi connectivity index (χ0v) is 9.62. The number of rotatable bonds is 5. The summed E-state index contributed by atoms with van der Waals surface area (Å²) in [5, 5.41) is 7.71. The first-order chi connectivity index (χ1) is 6.67. The summed E-state index contributed by atoms with van der Waals surface area (Å²) in [6.07, 6.45) is 6.27. The van der Waals surface area contributed by atoms with Crippen molar-refractivity contribution in [3.05, 3.63) is 12.4 Å². The molecule has 0 bridgehead atoms. The predicted molar refractivity (Wildman–Crippen MR) is 60.6 cm³/mol. The van der Waals surface area contributed by atoms with Crippen molar-refractivity contribution in [3.63, 3.8) is 0 Å². The zero-order valence-electron chi connectivity index (χ0n) is 9.62. The Balaban J connectivity index is 2.66. The minimum atomic E-state index is 0.467. The number of anilines is 1. The Labute approximate surface area is 86.5 Å². The molecule has 1 aromatic rings. The second-order valence-corrected chi connectivity index (χ2v) is 3.98. The average Bonchev–Trinajstić information content (AvgIpc) is 2.54. The smallest absolute Gasteiger partial charge is 0.0728 e. The van der Waals surface area contributed by atoms with E-state index in [9.17, 15) is 0 Å². The molecule has 0 spiro atoms. The van der Waals surface area contributed by atoms with E-state index in [0.717, 1.165) is 18.5 Å². The van der Waals surface area contributed by atoms with Crippen molar-refractivity contribution in [2.24, 2.45) is 0 Å². The van der Waals surface area contributed by atoms with Gasteiger partial charge in [0.25, 0.3) is 0 Å². The van der Waals surface area contributed by atoms with E-state index in [1.807, 2.05) is 6.20 Å². The molecule has 0 saturated carbocycles. The van der Waals surface area contributed by atoms with Crippen LogP contribution in [0.15, 0.2) is 12.4 Å². The van der Waals surface area contributed by atoms with Crippen molar-refractivity contribution in [1.82, 2.24) is 9.78 Å². The molecule has 3 nitrogen and oxygen atoms in total. The Hall–Kier alpha value is -0.990. The van der Waals surface area contributed by atoms with Gasteiger partial charge in [-0.3, -0.25) is 4.68 Å². The van der Waals surface area contributed by atoms with Crippen LogP contribution in [0.25, 0.3) is 0 Å². The standard InChI is InChI=1S/C11H21N3/c1-5-11(6-2)14-8-10(7-12-14)13-9(3)4/h7-9,11,13H,5-6H2,1-4H3. The van der Waals surface area contributed by atoms with Gasteiger partial charge in [0.15, 0.2) is 0 Å². The Morgan fingerprint density at radius 3 is 2.50 bits per heavy atom. The van der Waals surface area contributed by atoms with Crippen molar-refractivity contribution in [2.75, 3.05) is 5.32 Å². The lowest BCUT2D eigenvalue weighted by atomic mass is 10.2. The summed E-state index contributed by atoms with van der Waals surface area (Å²) >= 11 is 0. The summed E-state index contributed by atoms with van der Waals surface area (Å²) in [6, 6.07) is 1.01. The van der Waals surface area contributed by atoms with Crippen LogP contribution in [-0.4, -0.2) is 15.8 Å². The summed E-state index contributed by atoms with van der Waals surface area (Å²) in [7, 11) is 0. The lowest BCUT2D eigenvalue weighted by molar-refractivity contribution is 0.428. The third-order valence-corrected chi connectivity index (χ3v) is 2.37. The molecule has 0 aliphatic rings. The van der Waals surface area contributed by atoms with E-state index >= 15 is 0 Å². The van der Waals surface area contributed by atoms with Gasteiger partial charge in [0.05, 0.1) is 17.9 Å². The molecule has 0 aliphatic heterocycles. The van der Waals surface area contributed by atoms with Crippen molar-refractivity contribution < 1.29 is 0 Å². The van der Waals surface area contributed by atoms with Gasteiger partial charge in [0.1, 0.15) is 0 Å². The first-order valence-corrected chi connectivity index (χ1v) is 5.48. The van der Waals surface area contributed by atoms with E-state index < -0.39 is 0 Å². The lowest BCUT2D eigenvalue weighted by Gasteiger charge is -2.12. The van der Waals surface area contributed by atoms with E-state index in [-0.39, 0.29) is 0 Å². The highest BCUT2D eigenvalue weighted by Gasteiger charge is 2.07. The second kappa shape index (κ2) is 5.03. The molecule has 1 aromatic heterocycles. The van der Waals surface area contributed by atoms with Crippen molar-refractivity contribution in [3.8, 4) is 0 Å². The summed E-state index contributed by atoms with van der Waals surface area (Å²) in [5.74, 6) is 0. The molecule has 1 N–H and O–H groups in total. The van der Waals surface area contributed by atoms with Gasteiger partial charge in [0, 0.05) is 12.2 Å². The first kappa shape index (κ1) is 11.1. The molecule has 14 heavy (non-hydrogen) atoms. The van der Waals surface area contributed by atoms with Gasteiger partial charge in [-0.15, -0.1) is 0 Å². The molecule has 0 fully saturated rings. The first-order valence-electron chi connectivity index (χ1n) is 5.48. The van der Waals surface area contributed by atoms with Crippen molar-refractivity contribution in [1.29, 1.82) is 0 Å².